The van der Waals surface area contributed by atoms with Crippen LogP contribution in [0.4, 0.5) is 5.69 Å². The van der Waals surface area contributed by atoms with Crippen molar-refractivity contribution in [2.45, 2.75) is 43.2 Å². The first-order chi connectivity index (χ1) is 13.1. The fourth-order valence-electron chi connectivity index (χ4n) is 7.14. The van der Waals surface area contributed by atoms with Crippen LogP contribution in [0.15, 0.2) is 35.9 Å². The summed E-state index contributed by atoms with van der Waals surface area (Å²) < 4.78 is 11.9. The normalized spacial score (nSPS) is 46.9. The zero-order chi connectivity index (χ0) is 18.6. The molecule has 1 spiro atoms. The van der Waals surface area contributed by atoms with Crippen LogP contribution in [0.2, 0.25) is 0 Å². The summed E-state index contributed by atoms with van der Waals surface area (Å²) in [7, 11) is 1.38. The van der Waals surface area contributed by atoms with E-state index >= 15 is 0 Å². The van der Waals surface area contributed by atoms with Crippen LogP contribution in [0.1, 0.15) is 25.3 Å². The first-order valence-electron chi connectivity index (χ1n) is 9.60. The predicted molar refractivity (Wildman–Crippen MR) is 96.8 cm³/mol. The monoisotopic (exact) mass is 366 g/mol. The van der Waals surface area contributed by atoms with Gasteiger partial charge in [-0.25, -0.2) is 0 Å². The second-order valence-corrected chi connectivity index (χ2v) is 8.41. The Bertz CT molecular complexity index is 929. The number of anilines is 1. The minimum atomic E-state index is -1.29. The van der Waals surface area contributed by atoms with Crippen LogP contribution in [0.25, 0.3) is 0 Å². The van der Waals surface area contributed by atoms with E-state index < -0.39 is 22.5 Å². The third kappa shape index (κ3) is 1.32. The lowest BCUT2D eigenvalue weighted by Crippen LogP contribution is -2.78. The summed E-state index contributed by atoms with van der Waals surface area (Å²) in [6.07, 6.45) is 4.18. The number of methoxy groups -OCH3 is 1. The molecular weight excluding hydrogens is 344 g/mol. The highest BCUT2D eigenvalue weighted by molar-refractivity contribution is 5.99. The largest absolute Gasteiger partial charge is 0.468 e. The molecule has 0 aromatic heterocycles. The summed E-state index contributed by atoms with van der Waals surface area (Å²) in [6.45, 7) is 2.73. The molecular formula is C21H22N2O4. The molecule has 1 saturated carbocycles. The SMILES string of the molecule is C/C=C1/CN2[C@H]3CC1C(C=O)(C(=O)OC)[C@@]14C[C@H]2O[C@@]31Nc1ccccc14. The Labute approximate surface area is 157 Å². The highest BCUT2D eigenvalue weighted by atomic mass is 16.6. The predicted octanol–water partition coefficient (Wildman–Crippen LogP) is 1.81. The second kappa shape index (κ2) is 4.62. The van der Waals surface area contributed by atoms with Crippen molar-refractivity contribution in [2.75, 3.05) is 19.0 Å². The maximum Gasteiger partial charge on any atom is 0.320 e. The fraction of sp³-hybridized carbons (Fsp3) is 0.524. The average Bonchev–Trinajstić information content (AvgIpc) is 3.30. The lowest BCUT2D eigenvalue weighted by atomic mass is 9.42. The molecule has 6 rings (SSSR count). The van der Waals surface area contributed by atoms with E-state index in [1.807, 2.05) is 31.2 Å². The zero-order valence-corrected chi connectivity index (χ0v) is 15.4. The number of hydrogen-bond donors (Lipinski definition) is 1. The Kier molecular flexibility index (Phi) is 2.71. The smallest absolute Gasteiger partial charge is 0.320 e. The van der Waals surface area contributed by atoms with Gasteiger partial charge in [-0.2, -0.15) is 0 Å². The van der Waals surface area contributed by atoms with E-state index in [0.717, 1.165) is 29.7 Å². The molecule has 1 N–H and O–H groups in total. The highest BCUT2D eigenvalue weighted by Crippen LogP contribution is 2.75. The highest BCUT2D eigenvalue weighted by Gasteiger charge is 2.87. The molecule has 1 aromatic rings. The number of ether oxygens (including phenoxy) is 2. The van der Waals surface area contributed by atoms with Crippen LogP contribution >= 0.6 is 0 Å². The van der Waals surface area contributed by atoms with E-state index in [1.54, 1.807) is 0 Å². The summed E-state index contributed by atoms with van der Waals surface area (Å²) in [5.41, 5.74) is 0.303. The van der Waals surface area contributed by atoms with E-state index in [2.05, 4.69) is 16.3 Å². The van der Waals surface area contributed by atoms with Crippen LogP contribution in [0.3, 0.4) is 0 Å². The van der Waals surface area contributed by atoms with Gasteiger partial charge in [-0.15, -0.1) is 0 Å². The van der Waals surface area contributed by atoms with Crippen molar-refractivity contribution in [3.05, 3.63) is 41.5 Å². The molecule has 4 fully saturated rings. The summed E-state index contributed by atoms with van der Waals surface area (Å²) in [5.74, 6) is -0.611. The Morgan fingerprint density at radius 3 is 2.96 bits per heavy atom. The van der Waals surface area contributed by atoms with Crippen LogP contribution in [0, 0.1) is 11.3 Å². The number of carbonyl (C=O) groups excluding carboxylic acids is 2. The summed E-state index contributed by atoms with van der Waals surface area (Å²) in [4.78, 5) is 28.7. The number of nitrogens with zero attached hydrogens (tertiary/aromatic N) is 1. The van der Waals surface area contributed by atoms with Gasteiger partial charge in [-0.3, -0.25) is 9.69 Å². The lowest BCUT2D eigenvalue weighted by molar-refractivity contribution is -0.182. The lowest BCUT2D eigenvalue weighted by Gasteiger charge is -2.63. The summed E-state index contributed by atoms with van der Waals surface area (Å²) in [5, 5.41) is 3.63. The van der Waals surface area contributed by atoms with Gasteiger partial charge in [0.15, 0.2) is 5.72 Å². The summed E-state index contributed by atoms with van der Waals surface area (Å²) in [6, 6.07) is 8.15. The number of hydrogen-bond acceptors (Lipinski definition) is 6. The first-order valence-corrected chi connectivity index (χ1v) is 9.60. The van der Waals surface area contributed by atoms with Crippen molar-refractivity contribution < 1.29 is 19.1 Å². The number of benzene rings is 1. The van der Waals surface area contributed by atoms with Crippen molar-refractivity contribution in [1.82, 2.24) is 4.90 Å². The third-order valence-corrected chi connectivity index (χ3v) is 7.99. The molecule has 2 unspecified atom stereocenters. The van der Waals surface area contributed by atoms with Crippen LogP contribution in [0.5, 0.6) is 0 Å². The molecule has 3 saturated heterocycles. The van der Waals surface area contributed by atoms with E-state index in [-0.39, 0.29) is 18.2 Å². The van der Waals surface area contributed by atoms with Gasteiger partial charge >= 0.3 is 5.97 Å². The molecule has 1 aromatic carbocycles. The Hall–Kier alpha value is -2.18. The minimum Gasteiger partial charge on any atom is -0.468 e. The number of fused-ring (bicyclic) bond motifs is 4. The van der Waals surface area contributed by atoms with Gasteiger partial charge in [-0.05, 0) is 25.0 Å². The van der Waals surface area contributed by atoms with E-state index in [9.17, 15) is 9.59 Å². The number of piperidine rings is 2. The van der Waals surface area contributed by atoms with Gasteiger partial charge < -0.3 is 19.6 Å². The van der Waals surface area contributed by atoms with E-state index in [4.69, 9.17) is 9.47 Å². The molecule has 140 valence electrons. The standard InChI is InChI=1S/C21H22N2O4/c1-3-12-10-23-16-8-14(12)19(11-24,18(25)26-2)20-9-17(23)27-21(16,20)22-15-7-5-4-6-13(15)20/h3-7,11,14,16-17,22H,8-10H2,1-2H3/b12-3-/t14?,16-,17+,19?,20-,21-/m0/s1. The molecule has 4 bridgehead atoms. The molecule has 27 heavy (non-hydrogen) atoms. The van der Waals surface area contributed by atoms with E-state index in [1.165, 1.54) is 7.11 Å². The van der Waals surface area contributed by atoms with Crippen molar-refractivity contribution >= 4 is 17.9 Å². The van der Waals surface area contributed by atoms with Gasteiger partial charge in [0.25, 0.3) is 0 Å². The van der Waals surface area contributed by atoms with Gasteiger partial charge in [0.1, 0.15) is 17.9 Å². The fourth-order valence-corrected chi connectivity index (χ4v) is 7.14. The van der Waals surface area contributed by atoms with Gasteiger partial charge in [-0.1, -0.05) is 29.8 Å². The third-order valence-electron chi connectivity index (χ3n) is 7.99. The number of nitrogens with one attached hydrogen (secondary N) is 1. The topological polar surface area (TPSA) is 67.9 Å². The molecule has 6 atom stereocenters. The average molecular weight is 366 g/mol. The second-order valence-electron chi connectivity index (χ2n) is 8.41. The number of carbonyl (C=O) groups is 2. The maximum atomic E-state index is 13.4. The molecule has 6 heteroatoms. The molecule has 4 heterocycles. The number of para-hydroxylation sites is 1. The Morgan fingerprint density at radius 2 is 2.22 bits per heavy atom. The van der Waals surface area contributed by atoms with Crippen LogP contribution in [-0.4, -0.2) is 48.8 Å². The van der Waals surface area contributed by atoms with Gasteiger partial charge in [0, 0.05) is 24.6 Å². The number of rotatable bonds is 2. The summed E-state index contributed by atoms with van der Waals surface area (Å²) >= 11 is 0. The van der Waals surface area contributed by atoms with Gasteiger partial charge in [0.05, 0.1) is 18.6 Å². The molecule has 0 amide bonds. The Morgan fingerprint density at radius 1 is 1.41 bits per heavy atom. The van der Waals surface area contributed by atoms with Crippen LogP contribution in [-0.2, 0) is 24.5 Å². The quantitative estimate of drug-likeness (QED) is 0.373. The van der Waals surface area contributed by atoms with Gasteiger partial charge in [0.2, 0.25) is 0 Å². The van der Waals surface area contributed by atoms with Crippen molar-refractivity contribution in [2.24, 2.45) is 11.3 Å². The van der Waals surface area contributed by atoms with Crippen molar-refractivity contribution in [1.29, 1.82) is 0 Å². The van der Waals surface area contributed by atoms with E-state index in [0.29, 0.717) is 12.8 Å². The zero-order valence-electron chi connectivity index (χ0n) is 15.4. The molecule has 4 aliphatic heterocycles. The minimum absolute atomic E-state index is 0.101. The molecule has 5 aliphatic rings. The van der Waals surface area contributed by atoms with Crippen LogP contribution < -0.4 is 5.32 Å². The van der Waals surface area contributed by atoms with Crippen molar-refractivity contribution in [3.63, 3.8) is 0 Å². The van der Waals surface area contributed by atoms with Crippen molar-refractivity contribution in [3.8, 4) is 0 Å². The molecule has 0 radical (unpaired) electrons. The number of allylic oxidation sites excluding steroid dienone is 1. The number of esters is 1. The number of aldehydes is 1. The Balaban J connectivity index is 1.75. The molecule has 1 aliphatic carbocycles. The molecule has 6 nitrogen and oxygen atoms in total. The maximum absolute atomic E-state index is 13.4. The first kappa shape index (κ1) is 15.8.